The highest BCUT2D eigenvalue weighted by molar-refractivity contribution is 5.09. The highest BCUT2D eigenvalue weighted by Crippen LogP contribution is 2.30. The number of hydrogen-bond donors (Lipinski definition) is 3. The third kappa shape index (κ3) is 2.64. The summed E-state index contributed by atoms with van der Waals surface area (Å²) in [6, 6.07) is 0. The molecule has 0 saturated carbocycles. The monoisotopic (exact) mass is 197 g/mol. The van der Waals surface area contributed by atoms with E-state index in [4.69, 9.17) is 11.6 Å². The highest BCUT2D eigenvalue weighted by atomic mass is 15.2. The molecule has 0 amide bonds. The van der Waals surface area contributed by atoms with Crippen LogP contribution in [0.2, 0.25) is 0 Å². The second kappa shape index (κ2) is 5.25. The van der Waals surface area contributed by atoms with Crippen molar-refractivity contribution in [3.63, 3.8) is 0 Å². The molecule has 14 heavy (non-hydrogen) atoms. The van der Waals surface area contributed by atoms with Crippen LogP contribution in [0, 0.1) is 11.8 Å². The standard InChI is InChI=1S/C11H23N3/c1-3-9-5-6-10(12)11(14-13)7-4-8(9)2/h8-9,14H,3-7,12-13H2,1-2H3/b11-10-. The molecule has 5 N–H and O–H groups in total. The molecule has 2 atom stereocenters. The predicted molar refractivity (Wildman–Crippen MR) is 59.9 cm³/mol. The summed E-state index contributed by atoms with van der Waals surface area (Å²) in [5.41, 5.74) is 10.7. The fraction of sp³-hybridized carbons (Fsp3) is 0.818. The first-order chi connectivity index (χ1) is 6.69. The molecule has 0 aliphatic heterocycles. The van der Waals surface area contributed by atoms with Gasteiger partial charge in [-0.05, 0) is 37.5 Å². The Morgan fingerprint density at radius 2 is 2.07 bits per heavy atom. The Kier molecular flexibility index (Phi) is 4.26. The average molecular weight is 197 g/mol. The largest absolute Gasteiger partial charge is 0.401 e. The first-order valence-corrected chi connectivity index (χ1v) is 5.63. The maximum absolute atomic E-state index is 5.96. The SMILES string of the molecule is CCC1CC/C(N)=C(/NN)CCC1C. The minimum Gasteiger partial charge on any atom is -0.401 e. The van der Waals surface area contributed by atoms with Crippen molar-refractivity contribution in [2.75, 3.05) is 0 Å². The second-order valence-corrected chi connectivity index (χ2v) is 4.37. The van der Waals surface area contributed by atoms with Gasteiger partial charge in [-0.2, -0.15) is 0 Å². The van der Waals surface area contributed by atoms with Gasteiger partial charge in [0.25, 0.3) is 0 Å². The fourth-order valence-electron chi connectivity index (χ4n) is 2.32. The molecule has 1 aliphatic carbocycles. The summed E-state index contributed by atoms with van der Waals surface area (Å²) < 4.78 is 0. The van der Waals surface area contributed by atoms with Crippen molar-refractivity contribution in [3.05, 3.63) is 11.4 Å². The van der Waals surface area contributed by atoms with Crippen LogP contribution in [0.5, 0.6) is 0 Å². The first-order valence-electron chi connectivity index (χ1n) is 5.63. The molecule has 3 heteroatoms. The lowest BCUT2D eigenvalue weighted by molar-refractivity contribution is 0.299. The van der Waals surface area contributed by atoms with E-state index in [0.717, 1.165) is 36.1 Å². The number of allylic oxidation sites excluding steroid dienone is 2. The number of hydrogen-bond acceptors (Lipinski definition) is 3. The van der Waals surface area contributed by atoms with Gasteiger partial charge in [0.05, 0.1) is 0 Å². The van der Waals surface area contributed by atoms with Crippen LogP contribution in [0.3, 0.4) is 0 Å². The van der Waals surface area contributed by atoms with Crippen LogP contribution in [0.1, 0.15) is 46.0 Å². The Bertz CT molecular complexity index is 211. The molecule has 0 spiro atoms. The van der Waals surface area contributed by atoms with E-state index in [1.54, 1.807) is 0 Å². The summed E-state index contributed by atoms with van der Waals surface area (Å²) in [5, 5.41) is 0. The lowest BCUT2D eigenvalue weighted by Crippen LogP contribution is -2.27. The van der Waals surface area contributed by atoms with E-state index in [-0.39, 0.29) is 0 Å². The highest BCUT2D eigenvalue weighted by Gasteiger charge is 2.19. The van der Waals surface area contributed by atoms with E-state index in [2.05, 4.69) is 19.3 Å². The number of rotatable bonds is 2. The van der Waals surface area contributed by atoms with Gasteiger partial charge in [-0.25, -0.2) is 0 Å². The van der Waals surface area contributed by atoms with E-state index in [0.29, 0.717) is 0 Å². The summed E-state index contributed by atoms with van der Waals surface area (Å²) in [7, 11) is 0. The Morgan fingerprint density at radius 3 is 2.64 bits per heavy atom. The maximum atomic E-state index is 5.96. The van der Waals surface area contributed by atoms with Crippen LogP contribution in [0.25, 0.3) is 0 Å². The van der Waals surface area contributed by atoms with Gasteiger partial charge in [0.2, 0.25) is 0 Å². The summed E-state index contributed by atoms with van der Waals surface area (Å²) >= 11 is 0. The normalized spacial score (nSPS) is 34.8. The summed E-state index contributed by atoms with van der Waals surface area (Å²) in [6.07, 6.45) is 5.65. The van der Waals surface area contributed by atoms with Gasteiger partial charge in [-0.1, -0.05) is 20.3 Å². The number of hydrazine groups is 1. The van der Waals surface area contributed by atoms with Gasteiger partial charge >= 0.3 is 0 Å². The molecule has 0 saturated heterocycles. The van der Waals surface area contributed by atoms with E-state index in [1.807, 2.05) is 0 Å². The lowest BCUT2D eigenvalue weighted by Gasteiger charge is -2.26. The van der Waals surface area contributed by atoms with E-state index in [1.165, 1.54) is 19.3 Å². The van der Waals surface area contributed by atoms with Crippen LogP contribution in [0.4, 0.5) is 0 Å². The zero-order valence-electron chi connectivity index (χ0n) is 9.34. The molecule has 1 aliphatic rings. The third-order valence-corrected chi connectivity index (χ3v) is 3.53. The molecular weight excluding hydrogens is 174 g/mol. The van der Waals surface area contributed by atoms with Crippen LogP contribution in [0.15, 0.2) is 11.4 Å². The van der Waals surface area contributed by atoms with E-state index < -0.39 is 0 Å². The summed E-state index contributed by atoms with van der Waals surface area (Å²) in [5.74, 6) is 7.05. The molecule has 0 fully saturated rings. The molecular formula is C11H23N3. The molecule has 0 bridgehead atoms. The Morgan fingerprint density at radius 1 is 1.36 bits per heavy atom. The Labute approximate surface area is 86.9 Å². The molecule has 82 valence electrons. The van der Waals surface area contributed by atoms with Crippen molar-refractivity contribution in [3.8, 4) is 0 Å². The van der Waals surface area contributed by atoms with Crippen LogP contribution < -0.4 is 17.0 Å². The quantitative estimate of drug-likeness (QED) is 0.467. The number of nitrogens with one attached hydrogen (secondary N) is 1. The van der Waals surface area contributed by atoms with Gasteiger partial charge in [-0.15, -0.1) is 0 Å². The molecule has 2 unspecified atom stereocenters. The van der Waals surface area contributed by atoms with Crippen molar-refractivity contribution < 1.29 is 0 Å². The van der Waals surface area contributed by atoms with Gasteiger partial charge < -0.3 is 11.2 Å². The molecule has 0 aromatic carbocycles. The third-order valence-electron chi connectivity index (χ3n) is 3.53. The Balaban J connectivity index is 2.67. The van der Waals surface area contributed by atoms with Gasteiger partial charge in [0.1, 0.15) is 0 Å². The Hall–Kier alpha value is -0.700. The lowest BCUT2D eigenvalue weighted by atomic mass is 9.82. The minimum absolute atomic E-state index is 0.788. The smallest absolute Gasteiger partial charge is 0.0446 e. The average Bonchev–Trinajstić information content (AvgIpc) is 2.17. The van der Waals surface area contributed by atoms with E-state index in [9.17, 15) is 0 Å². The predicted octanol–water partition coefficient (Wildman–Crippen LogP) is 1.86. The van der Waals surface area contributed by atoms with E-state index >= 15 is 0 Å². The fourth-order valence-corrected chi connectivity index (χ4v) is 2.32. The number of nitrogens with two attached hydrogens (primary N) is 2. The van der Waals surface area contributed by atoms with Crippen LogP contribution >= 0.6 is 0 Å². The van der Waals surface area contributed by atoms with Crippen molar-refractivity contribution in [1.82, 2.24) is 5.43 Å². The molecule has 0 radical (unpaired) electrons. The summed E-state index contributed by atoms with van der Waals surface area (Å²) in [4.78, 5) is 0. The van der Waals surface area contributed by atoms with Crippen LogP contribution in [-0.4, -0.2) is 0 Å². The topological polar surface area (TPSA) is 64.1 Å². The molecule has 3 nitrogen and oxygen atoms in total. The molecule has 1 rings (SSSR count). The van der Waals surface area contributed by atoms with Crippen LogP contribution in [-0.2, 0) is 0 Å². The zero-order chi connectivity index (χ0) is 10.6. The second-order valence-electron chi connectivity index (χ2n) is 4.37. The van der Waals surface area contributed by atoms with Crippen molar-refractivity contribution >= 4 is 0 Å². The van der Waals surface area contributed by atoms with Gasteiger partial charge in [-0.3, -0.25) is 5.84 Å². The van der Waals surface area contributed by atoms with Gasteiger partial charge in [0.15, 0.2) is 0 Å². The van der Waals surface area contributed by atoms with Crippen molar-refractivity contribution in [1.29, 1.82) is 0 Å². The molecule has 0 heterocycles. The van der Waals surface area contributed by atoms with Crippen molar-refractivity contribution in [2.24, 2.45) is 23.4 Å². The maximum Gasteiger partial charge on any atom is 0.0446 e. The first kappa shape index (κ1) is 11.4. The zero-order valence-corrected chi connectivity index (χ0v) is 9.34. The summed E-state index contributed by atoms with van der Waals surface area (Å²) in [6.45, 7) is 4.61. The molecule has 0 aromatic rings. The van der Waals surface area contributed by atoms with Crippen molar-refractivity contribution in [2.45, 2.75) is 46.0 Å². The minimum atomic E-state index is 0.788. The molecule has 0 aromatic heterocycles. The van der Waals surface area contributed by atoms with Gasteiger partial charge in [0, 0.05) is 11.4 Å².